The highest BCUT2D eigenvalue weighted by Gasteiger charge is 2.43. The van der Waals surface area contributed by atoms with Gasteiger partial charge in [-0.1, -0.05) is 23.7 Å². The molecule has 3 aliphatic rings. The molecule has 2 N–H and O–H groups in total. The van der Waals surface area contributed by atoms with Gasteiger partial charge >= 0.3 is 0 Å². The largest absolute Gasteiger partial charge is 0.454 e. The van der Waals surface area contributed by atoms with E-state index in [0.29, 0.717) is 5.75 Å². The first-order chi connectivity index (χ1) is 13.6. The Morgan fingerprint density at radius 1 is 1.14 bits per heavy atom. The monoisotopic (exact) mass is 397 g/mol. The minimum Gasteiger partial charge on any atom is -0.454 e. The number of amides is 1. The summed E-state index contributed by atoms with van der Waals surface area (Å²) in [6, 6.07) is 13.8. The van der Waals surface area contributed by atoms with Crippen LogP contribution in [-0.4, -0.2) is 29.9 Å². The third-order valence-electron chi connectivity index (χ3n) is 5.55. The van der Waals surface area contributed by atoms with Gasteiger partial charge in [-0.05, 0) is 49.2 Å². The molecule has 5 rings (SSSR count). The van der Waals surface area contributed by atoms with Crippen molar-refractivity contribution >= 4 is 23.2 Å². The van der Waals surface area contributed by atoms with Crippen LogP contribution in [0.5, 0.6) is 11.5 Å². The summed E-state index contributed by atoms with van der Waals surface area (Å²) in [5, 5.41) is 5.97. The summed E-state index contributed by atoms with van der Waals surface area (Å²) < 4.78 is 10.9. The van der Waals surface area contributed by atoms with Crippen LogP contribution in [0.25, 0.3) is 5.70 Å². The normalized spacial score (nSPS) is 25.4. The SMILES string of the molecule is CC1NN2C(=O)C=C(c3ccc4c(c3)OCO4)NC2C1Cc1ccc(Cl)cc1. The number of hydrogen-bond donors (Lipinski definition) is 2. The molecule has 0 aliphatic carbocycles. The lowest BCUT2D eigenvalue weighted by atomic mass is 9.91. The van der Waals surface area contributed by atoms with Crippen LogP contribution < -0.4 is 20.2 Å². The Kier molecular flexibility index (Phi) is 4.18. The van der Waals surface area contributed by atoms with E-state index < -0.39 is 0 Å². The molecule has 1 fully saturated rings. The number of halogens is 1. The van der Waals surface area contributed by atoms with E-state index in [-0.39, 0.29) is 30.8 Å². The molecule has 2 aromatic rings. The maximum Gasteiger partial charge on any atom is 0.264 e. The summed E-state index contributed by atoms with van der Waals surface area (Å²) in [5.74, 6) is 1.58. The van der Waals surface area contributed by atoms with Crippen molar-refractivity contribution in [2.75, 3.05) is 6.79 Å². The van der Waals surface area contributed by atoms with Gasteiger partial charge in [0.25, 0.3) is 5.91 Å². The zero-order valence-electron chi connectivity index (χ0n) is 15.3. The lowest BCUT2D eigenvalue weighted by Crippen LogP contribution is -2.53. The number of carbonyl (C=O) groups is 1. The number of rotatable bonds is 3. The van der Waals surface area contributed by atoms with Gasteiger partial charge < -0.3 is 14.8 Å². The van der Waals surface area contributed by atoms with Crippen molar-refractivity contribution in [3.63, 3.8) is 0 Å². The van der Waals surface area contributed by atoms with Crippen molar-refractivity contribution in [1.82, 2.24) is 15.8 Å². The van der Waals surface area contributed by atoms with Crippen LogP contribution in [0.2, 0.25) is 5.02 Å². The quantitative estimate of drug-likeness (QED) is 0.833. The molecule has 3 aliphatic heterocycles. The van der Waals surface area contributed by atoms with E-state index in [1.807, 2.05) is 42.5 Å². The molecular weight excluding hydrogens is 378 g/mol. The average Bonchev–Trinajstić information content (AvgIpc) is 3.28. The van der Waals surface area contributed by atoms with Gasteiger partial charge in [0.15, 0.2) is 11.5 Å². The van der Waals surface area contributed by atoms with Crippen LogP contribution in [-0.2, 0) is 11.2 Å². The Hall–Kier alpha value is -2.70. The Balaban J connectivity index is 1.41. The second-order valence-electron chi connectivity index (χ2n) is 7.34. The summed E-state index contributed by atoms with van der Waals surface area (Å²) in [6.07, 6.45) is 2.32. The van der Waals surface area contributed by atoms with Crippen molar-refractivity contribution in [3.8, 4) is 11.5 Å². The first kappa shape index (κ1) is 17.4. The highest BCUT2D eigenvalue weighted by atomic mass is 35.5. The van der Waals surface area contributed by atoms with E-state index in [0.717, 1.165) is 28.5 Å². The summed E-state index contributed by atoms with van der Waals surface area (Å²) in [4.78, 5) is 12.8. The van der Waals surface area contributed by atoms with Crippen LogP contribution in [0.1, 0.15) is 18.1 Å². The third-order valence-corrected chi connectivity index (χ3v) is 5.80. The molecule has 6 nitrogen and oxygen atoms in total. The number of nitrogens with one attached hydrogen (secondary N) is 2. The van der Waals surface area contributed by atoms with Crippen molar-refractivity contribution in [2.24, 2.45) is 5.92 Å². The van der Waals surface area contributed by atoms with E-state index in [2.05, 4.69) is 17.7 Å². The van der Waals surface area contributed by atoms with Crippen LogP contribution in [0.15, 0.2) is 48.5 Å². The number of benzene rings is 2. The summed E-state index contributed by atoms with van der Waals surface area (Å²) >= 11 is 6.01. The standard InChI is InChI=1S/C21H20ClN3O3/c1-12-16(8-13-2-5-15(22)6-3-13)21-23-17(10-20(26)25(21)24-12)14-4-7-18-19(9-14)28-11-27-18/h2-7,9-10,12,16,21,23-24H,8,11H2,1H3. The summed E-state index contributed by atoms with van der Waals surface area (Å²) in [5.41, 5.74) is 6.20. The predicted octanol–water partition coefficient (Wildman–Crippen LogP) is 2.93. The molecule has 0 bridgehead atoms. The molecule has 0 spiro atoms. The topological polar surface area (TPSA) is 62.8 Å². The zero-order valence-corrected chi connectivity index (χ0v) is 16.1. The van der Waals surface area contributed by atoms with E-state index in [4.69, 9.17) is 21.1 Å². The Labute approximate surface area is 168 Å². The van der Waals surface area contributed by atoms with Crippen molar-refractivity contribution in [3.05, 3.63) is 64.7 Å². The molecule has 0 aromatic heterocycles. The minimum atomic E-state index is -0.136. The molecule has 0 radical (unpaired) electrons. The second kappa shape index (κ2) is 6.72. The molecule has 1 amide bonds. The summed E-state index contributed by atoms with van der Waals surface area (Å²) in [7, 11) is 0. The fourth-order valence-electron chi connectivity index (χ4n) is 4.04. The average molecular weight is 398 g/mol. The van der Waals surface area contributed by atoms with Gasteiger partial charge in [-0.2, -0.15) is 0 Å². The molecule has 3 atom stereocenters. The fourth-order valence-corrected chi connectivity index (χ4v) is 4.16. The van der Waals surface area contributed by atoms with E-state index in [1.165, 1.54) is 5.56 Å². The Morgan fingerprint density at radius 3 is 2.75 bits per heavy atom. The Morgan fingerprint density at radius 2 is 1.93 bits per heavy atom. The zero-order chi connectivity index (χ0) is 19.3. The molecular formula is C21H20ClN3O3. The maximum absolute atomic E-state index is 12.8. The maximum atomic E-state index is 12.8. The van der Waals surface area contributed by atoms with Gasteiger partial charge in [-0.25, -0.2) is 5.43 Å². The number of nitrogens with zero attached hydrogens (tertiary/aromatic N) is 1. The van der Waals surface area contributed by atoms with Crippen molar-refractivity contribution in [2.45, 2.75) is 25.6 Å². The molecule has 3 unspecified atom stereocenters. The highest BCUT2D eigenvalue weighted by Crippen LogP contribution is 2.36. The van der Waals surface area contributed by atoms with Crippen LogP contribution in [0, 0.1) is 5.92 Å². The fraction of sp³-hybridized carbons (Fsp3) is 0.286. The van der Waals surface area contributed by atoms with Crippen LogP contribution in [0.4, 0.5) is 0 Å². The first-order valence-electron chi connectivity index (χ1n) is 9.30. The van der Waals surface area contributed by atoms with E-state index >= 15 is 0 Å². The van der Waals surface area contributed by atoms with Gasteiger partial charge in [0.1, 0.15) is 6.17 Å². The number of carbonyl (C=O) groups excluding carboxylic acids is 1. The van der Waals surface area contributed by atoms with Crippen LogP contribution >= 0.6 is 11.6 Å². The number of fused-ring (bicyclic) bond motifs is 2. The first-order valence-corrected chi connectivity index (χ1v) is 9.68. The third kappa shape index (κ3) is 2.99. The smallest absolute Gasteiger partial charge is 0.264 e. The molecule has 28 heavy (non-hydrogen) atoms. The lowest BCUT2D eigenvalue weighted by Gasteiger charge is -2.33. The van der Waals surface area contributed by atoms with Gasteiger partial charge in [-0.3, -0.25) is 9.80 Å². The molecule has 3 heterocycles. The second-order valence-corrected chi connectivity index (χ2v) is 7.77. The molecule has 144 valence electrons. The number of ether oxygens (including phenoxy) is 2. The van der Waals surface area contributed by atoms with Crippen molar-refractivity contribution in [1.29, 1.82) is 0 Å². The molecule has 7 heteroatoms. The summed E-state index contributed by atoms with van der Waals surface area (Å²) in [6.45, 7) is 2.33. The van der Waals surface area contributed by atoms with Gasteiger partial charge in [0, 0.05) is 34.3 Å². The highest BCUT2D eigenvalue weighted by molar-refractivity contribution is 6.30. The molecule has 1 saturated heterocycles. The van der Waals surface area contributed by atoms with Gasteiger partial charge in [0.05, 0.1) is 0 Å². The number of hydrazine groups is 1. The van der Waals surface area contributed by atoms with E-state index in [1.54, 1.807) is 11.1 Å². The lowest BCUT2D eigenvalue weighted by molar-refractivity contribution is -0.131. The van der Waals surface area contributed by atoms with Crippen molar-refractivity contribution < 1.29 is 14.3 Å². The predicted molar refractivity (Wildman–Crippen MR) is 106 cm³/mol. The molecule has 2 aromatic carbocycles. The van der Waals surface area contributed by atoms with Gasteiger partial charge in [0.2, 0.25) is 6.79 Å². The minimum absolute atomic E-state index is 0.0538. The van der Waals surface area contributed by atoms with E-state index in [9.17, 15) is 4.79 Å². The molecule has 0 saturated carbocycles. The van der Waals surface area contributed by atoms with Crippen LogP contribution in [0.3, 0.4) is 0 Å². The number of hydrogen-bond acceptors (Lipinski definition) is 5. The Bertz CT molecular complexity index is 960. The van der Waals surface area contributed by atoms with Gasteiger partial charge in [-0.15, -0.1) is 0 Å².